The average molecular weight is 562 g/mol. The van der Waals surface area contributed by atoms with Crippen molar-refractivity contribution in [2.45, 2.75) is 0 Å². The molecule has 2 heterocycles. The first-order chi connectivity index (χ1) is 21.7. The molecule has 0 aliphatic rings. The number of rotatable bonds is 3. The molecule has 8 rings (SSSR count). The maximum absolute atomic E-state index is 9.99. The molecule has 0 N–H and O–H groups in total. The van der Waals surface area contributed by atoms with Gasteiger partial charge in [0.05, 0.1) is 22.8 Å². The van der Waals surface area contributed by atoms with Crippen LogP contribution in [0.15, 0.2) is 124 Å². The SMILES string of the molecule is N#Cc1ccccc1-c1cc(-c2cccc3oc4c(C#N)cccc4c23)cc(-c2cccc3oc4c(C#N)cccc4c23)c1. The van der Waals surface area contributed by atoms with Crippen LogP contribution in [0.25, 0.3) is 77.3 Å². The average Bonchev–Trinajstić information content (AvgIpc) is 3.66. The molecule has 0 bridgehead atoms. The molecular formula is C39H19N3O2. The van der Waals surface area contributed by atoms with Crippen molar-refractivity contribution in [2.24, 2.45) is 0 Å². The number of fused-ring (bicyclic) bond motifs is 6. The summed E-state index contributed by atoms with van der Waals surface area (Å²) in [5.74, 6) is 0. The van der Waals surface area contributed by atoms with Crippen molar-refractivity contribution >= 4 is 43.9 Å². The predicted octanol–water partition coefficient (Wildman–Crippen LogP) is 10.1. The van der Waals surface area contributed by atoms with Crippen LogP contribution in [0.3, 0.4) is 0 Å². The van der Waals surface area contributed by atoms with E-state index < -0.39 is 0 Å². The summed E-state index contributed by atoms with van der Waals surface area (Å²) in [5.41, 5.74) is 9.53. The van der Waals surface area contributed by atoms with Crippen molar-refractivity contribution in [3.8, 4) is 51.6 Å². The van der Waals surface area contributed by atoms with Crippen LogP contribution < -0.4 is 0 Å². The lowest BCUT2D eigenvalue weighted by atomic mass is 9.89. The van der Waals surface area contributed by atoms with E-state index in [4.69, 9.17) is 8.83 Å². The highest BCUT2D eigenvalue weighted by Gasteiger charge is 2.19. The van der Waals surface area contributed by atoms with E-state index in [0.29, 0.717) is 39.0 Å². The zero-order valence-corrected chi connectivity index (χ0v) is 23.1. The maximum atomic E-state index is 9.99. The van der Waals surface area contributed by atoms with E-state index >= 15 is 0 Å². The van der Waals surface area contributed by atoms with E-state index in [0.717, 1.165) is 54.9 Å². The zero-order valence-electron chi connectivity index (χ0n) is 23.1. The second-order valence-electron chi connectivity index (χ2n) is 10.6. The van der Waals surface area contributed by atoms with Crippen LogP contribution in [0.1, 0.15) is 16.7 Å². The van der Waals surface area contributed by atoms with Crippen molar-refractivity contribution in [1.29, 1.82) is 15.8 Å². The van der Waals surface area contributed by atoms with Gasteiger partial charge in [-0.05, 0) is 81.9 Å². The minimum Gasteiger partial charge on any atom is -0.455 e. The molecule has 0 aliphatic carbocycles. The van der Waals surface area contributed by atoms with Gasteiger partial charge < -0.3 is 8.83 Å². The molecule has 202 valence electrons. The van der Waals surface area contributed by atoms with Crippen LogP contribution >= 0.6 is 0 Å². The van der Waals surface area contributed by atoms with Gasteiger partial charge in [-0.25, -0.2) is 0 Å². The summed E-state index contributed by atoms with van der Waals surface area (Å²) in [4.78, 5) is 0. The lowest BCUT2D eigenvalue weighted by Crippen LogP contribution is -1.89. The molecule has 0 saturated heterocycles. The summed E-state index contributed by atoms with van der Waals surface area (Å²) in [6, 6.07) is 43.8. The van der Waals surface area contributed by atoms with Crippen LogP contribution in [-0.4, -0.2) is 0 Å². The molecule has 0 spiro atoms. The van der Waals surface area contributed by atoms with Gasteiger partial charge in [-0.2, -0.15) is 15.8 Å². The van der Waals surface area contributed by atoms with Crippen molar-refractivity contribution in [3.63, 3.8) is 0 Å². The molecule has 0 aliphatic heterocycles. The number of furan rings is 2. The van der Waals surface area contributed by atoms with Gasteiger partial charge in [-0.3, -0.25) is 0 Å². The van der Waals surface area contributed by atoms with Crippen molar-refractivity contribution in [3.05, 3.63) is 132 Å². The minimum atomic E-state index is 0.484. The summed E-state index contributed by atoms with van der Waals surface area (Å²) in [6.07, 6.45) is 0. The molecular weight excluding hydrogens is 542 g/mol. The molecule has 2 aromatic heterocycles. The predicted molar refractivity (Wildman–Crippen MR) is 171 cm³/mol. The number of nitrogens with zero attached hydrogens (tertiary/aromatic N) is 3. The third-order valence-corrected chi connectivity index (χ3v) is 8.20. The highest BCUT2D eigenvalue weighted by atomic mass is 16.3. The van der Waals surface area contributed by atoms with Gasteiger partial charge in [-0.1, -0.05) is 66.7 Å². The fourth-order valence-electron chi connectivity index (χ4n) is 6.28. The molecule has 0 radical (unpaired) electrons. The fourth-order valence-corrected chi connectivity index (χ4v) is 6.28. The lowest BCUT2D eigenvalue weighted by molar-refractivity contribution is 0.667. The van der Waals surface area contributed by atoms with E-state index in [1.54, 1.807) is 12.1 Å². The third kappa shape index (κ3) is 3.70. The molecule has 0 atom stereocenters. The Morgan fingerprint density at radius 2 is 0.818 bits per heavy atom. The molecule has 8 aromatic rings. The van der Waals surface area contributed by atoms with Gasteiger partial charge >= 0.3 is 0 Å². The van der Waals surface area contributed by atoms with Gasteiger partial charge in [0.15, 0.2) is 11.2 Å². The van der Waals surface area contributed by atoms with Gasteiger partial charge in [0.1, 0.15) is 23.3 Å². The second kappa shape index (κ2) is 9.74. The molecule has 0 amide bonds. The molecule has 0 saturated carbocycles. The standard InChI is InChI=1S/C39H19N3O2/c40-20-23-7-1-2-10-29(23)26-17-27(30-11-5-15-34-36(30)32-13-3-8-24(21-41)38(32)43-34)19-28(18-26)31-12-6-16-35-37(31)33-14-4-9-25(22-42)39(33)44-35/h1-19H. The summed E-state index contributed by atoms with van der Waals surface area (Å²) >= 11 is 0. The first-order valence-corrected chi connectivity index (χ1v) is 14.0. The quantitative estimate of drug-likeness (QED) is 0.214. The van der Waals surface area contributed by atoms with Crippen LogP contribution in [0.4, 0.5) is 0 Å². The summed E-state index contributed by atoms with van der Waals surface area (Å²) in [6.45, 7) is 0. The minimum absolute atomic E-state index is 0.484. The van der Waals surface area contributed by atoms with Crippen LogP contribution in [-0.2, 0) is 0 Å². The normalized spacial score (nSPS) is 11.1. The van der Waals surface area contributed by atoms with E-state index in [-0.39, 0.29) is 0 Å². The number of nitriles is 3. The number of para-hydroxylation sites is 2. The molecule has 5 heteroatoms. The Kier molecular flexibility index (Phi) is 5.56. The number of hydrogen-bond acceptors (Lipinski definition) is 5. The van der Waals surface area contributed by atoms with Gasteiger partial charge in [0.2, 0.25) is 0 Å². The van der Waals surface area contributed by atoms with E-state index in [1.165, 1.54) is 0 Å². The highest BCUT2D eigenvalue weighted by Crippen LogP contribution is 2.43. The van der Waals surface area contributed by atoms with Gasteiger partial charge in [0.25, 0.3) is 0 Å². The largest absolute Gasteiger partial charge is 0.455 e. The second-order valence-corrected chi connectivity index (χ2v) is 10.6. The lowest BCUT2D eigenvalue weighted by Gasteiger charge is -2.13. The van der Waals surface area contributed by atoms with Crippen LogP contribution in [0.2, 0.25) is 0 Å². The molecule has 0 fully saturated rings. The summed E-state index contributed by atoms with van der Waals surface area (Å²) in [5, 5.41) is 33.0. The summed E-state index contributed by atoms with van der Waals surface area (Å²) in [7, 11) is 0. The topological polar surface area (TPSA) is 97.7 Å². The van der Waals surface area contributed by atoms with Crippen molar-refractivity contribution in [1.82, 2.24) is 0 Å². The van der Waals surface area contributed by atoms with E-state index in [9.17, 15) is 15.8 Å². The third-order valence-electron chi connectivity index (χ3n) is 8.20. The maximum Gasteiger partial charge on any atom is 0.153 e. The first kappa shape index (κ1) is 25.1. The first-order valence-electron chi connectivity index (χ1n) is 14.0. The Bertz CT molecular complexity index is 2450. The fraction of sp³-hybridized carbons (Fsp3) is 0. The van der Waals surface area contributed by atoms with Crippen molar-refractivity contribution < 1.29 is 8.83 Å². The smallest absolute Gasteiger partial charge is 0.153 e. The molecule has 6 aromatic carbocycles. The van der Waals surface area contributed by atoms with Gasteiger partial charge in [0, 0.05) is 21.5 Å². The Morgan fingerprint density at radius 1 is 0.409 bits per heavy atom. The molecule has 44 heavy (non-hydrogen) atoms. The summed E-state index contributed by atoms with van der Waals surface area (Å²) < 4.78 is 12.4. The monoisotopic (exact) mass is 561 g/mol. The highest BCUT2D eigenvalue weighted by molar-refractivity contribution is 6.16. The number of hydrogen-bond donors (Lipinski definition) is 0. The Labute approximate surface area is 251 Å². The van der Waals surface area contributed by atoms with Crippen LogP contribution in [0.5, 0.6) is 0 Å². The molecule has 0 unspecified atom stereocenters. The van der Waals surface area contributed by atoms with Crippen LogP contribution in [0, 0.1) is 34.0 Å². The zero-order chi connectivity index (χ0) is 29.8. The Balaban J connectivity index is 1.47. The van der Waals surface area contributed by atoms with E-state index in [2.05, 4.69) is 48.5 Å². The Morgan fingerprint density at radius 3 is 1.32 bits per heavy atom. The van der Waals surface area contributed by atoms with E-state index in [1.807, 2.05) is 72.8 Å². The van der Waals surface area contributed by atoms with Gasteiger partial charge in [-0.15, -0.1) is 0 Å². The Hall–Kier alpha value is -6.61. The molecule has 5 nitrogen and oxygen atoms in total. The number of benzene rings is 6. The van der Waals surface area contributed by atoms with Crippen molar-refractivity contribution in [2.75, 3.05) is 0 Å².